The fourth-order valence-corrected chi connectivity index (χ4v) is 3.65. The number of rotatable bonds is 7. The molecule has 1 fully saturated rings. The first kappa shape index (κ1) is 18.6. The van der Waals surface area contributed by atoms with Gasteiger partial charge in [0.25, 0.3) is 0 Å². The summed E-state index contributed by atoms with van der Waals surface area (Å²) in [5.74, 6) is 1.85. The Kier molecular flexibility index (Phi) is 5.97. The largest absolute Gasteiger partial charge is 0.370 e. The molecule has 6 nitrogen and oxygen atoms in total. The van der Waals surface area contributed by atoms with Crippen molar-refractivity contribution in [3.63, 3.8) is 0 Å². The van der Waals surface area contributed by atoms with Crippen molar-refractivity contribution in [3.8, 4) is 0 Å². The van der Waals surface area contributed by atoms with Crippen molar-refractivity contribution < 1.29 is 0 Å². The zero-order valence-corrected chi connectivity index (χ0v) is 16.5. The van der Waals surface area contributed by atoms with E-state index in [2.05, 4.69) is 60.4 Å². The van der Waals surface area contributed by atoms with E-state index in [-0.39, 0.29) is 0 Å². The summed E-state index contributed by atoms with van der Waals surface area (Å²) in [5.41, 5.74) is 1.11. The van der Waals surface area contributed by atoms with Gasteiger partial charge in [-0.2, -0.15) is 0 Å². The fourth-order valence-electron chi connectivity index (χ4n) is 3.65. The number of nitrogens with one attached hydrogen (secondary N) is 1. The minimum atomic E-state index is 0.858. The Morgan fingerprint density at radius 2 is 1.71 bits per heavy atom. The summed E-state index contributed by atoms with van der Waals surface area (Å²) in [4.78, 5) is 18.2. The molecule has 0 spiro atoms. The molecule has 0 aliphatic carbocycles. The van der Waals surface area contributed by atoms with Crippen LogP contribution in [-0.2, 0) is 0 Å². The fraction of sp³-hybridized carbons (Fsp3) is 0.409. The molecular formula is C22H28N6. The number of pyridine rings is 1. The molecule has 0 atom stereocenters. The number of hydrogen-bond acceptors (Lipinski definition) is 6. The lowest BCUT2D eigenvalue weighted by Crippen LogP contribution is -2.47. The number of unbranched alkanes of at least 4 members (excludes halogenated alkanes) is 1. The summed E-state index contributed by atoms with van der Waals surface area (Å²) >= 11 is 0. The van der Waals surface area contributed by atoms with Crippen LogP contribution in [0.1, 0.15) is 18.4 Å². The molecule has 1 saturated heterocycles. The monoisotopic (exact) mass is 376 g/mol. The van der Waals surface area contributed by atoms with Gasteiger partial charge in [0.15, 0.2) is 0 Å². The highest BCUT2D eigenvalue weighted by Crippen LogP contribution is 2.20. The molecular weight excluding hydrogens is 348 g/mol. The average Bonchev–Trinajstić information content (AvgIpc) is 2.75. The first-order valence-corrected chi connectivity index (χ1v) is 10.1. The topological polar surface area (TPSA) is 57.2 Å². The third-order valence-corrected chi connectivity index (χ3v) is 5.29. The van der Waals surface area contributed by atoms with E-state index in [0.29, 0.717) is 0 Å². The highest BCUT2D eigenvalue weighted by Gasteiger charge is 2.18. The maximum Gasteiger partial charge on any atom is 0.225 e. The summed E-state index contributed by atoms with van der Waals surface area (Å²) in [7, 11) is 0. The van der Waals surface area contributed by atoms with Crippen molar-refractivity contribution in [3.05, 3.63) is 54.5 Å². The van der Waals surface area contributed by atoms with Crippen molar-refractivity contribution in [2.24, 2.45) is 0 Å². The number of hydrogen-bond donors (Lipinski definition) is 1. The molecule has 4 rings (SSSR count). The van der Waals surface area contributed by atoms with Gasteiger partial charge in [-0.1, -0.05) is 24.3 Å². The highest BCUT2D eigenvalue weighted by atomic mass is 15.3. The van der Waals surface area contributed by atoms with Crippen LogP contribution in [0.3, 0.4) is 0 Å². The molecule has 3 heterocycles. The Bertz CT molecular complexity index is 882. The lowest BCUT2D eigenvalue weighted by molar-refractivity contribution is 0.252. The van der Waals surface area contributed by atoms with Crippen molar-refractivity contribution in [2.45, 2.75) is 19.8 Å². The van der Waals surface area contributed by atoms with Crippen LogP contribution in [0, 0.1) is 6.92 Å². The molecule has 2 aromatic heterocycles. The zero-order valence-electron chi connectivity index (χ0n) is 16.5. The lowest BCUT2D eigenvalue weighted by atomic mass is 10.1. The Morgan fingerprint density at radius 3 is 2.54 bits per heavy atom. The molecule has 1 aromatic carbocycles. The summed E-state index contributed by atoms with van der Waals surface area (Å²) < 4.78 is 0. The molecule has 0 unspecified atom stereocenters. The van der Waals surface area contributed by atoms with E-state index >= 15 is 0 Å². The van der Waals surface area contributed by atoms with E-state index < -0.39 is 0 Å². The Morgan fingerprint density at radius 1 is 0.929 bits per heavy atom. The number of aryl methyl sites for hydroxylation is 1. The second kappa shape index (κ2) is 8.97. The van der Waals surface area contributed by atoms with Crippen LogP contribution in [-0.4, -0.2) is 59.1 Å². The van der Waals surface area contributed by atoms with Gasteiger partial charge < -0.3 is 10.2 Å². The predicted octanol–water partition coefficient (Wildman–Crippen LogP) is 3.35. The van der Waals surface area contributed by atoms with Crippen LogP contribution in [0.4, 0.5) is 11.8 Å². The smallest absolute Gasteiger partial charge is 0.225 e. The first-order chi connectivity index (χ1) is 13.8. The summed E-state index contributed by atoms with van der Waals surface area (Å²) in [5, 5.41) is 5.93. The van der Waals surface area contributed by atoms with Gasteiger partial charge in [-0.25, -0.2) is 15.0 Å². The maximum absolute atomic E-state index is 4.50. The minimum absolute atomic E-state index is 0.858. The van der Waals surface area contributed by atoms with Crippen molar-refractivity contribution >= 4 is 22.5 Å². The maximum atomic E-state index is 4.50. The van der Waals surface area contributed by atoms with Crippen LogP contribution < -0.4 is 10.2 Å². The van der Waals surface area contributed by atoms with Gasteiger partial charge in [-0.05, 0) is 43.3 Å². The van der Waals surface area contributed by atoms with E-state index in [1.54, 1.807) is 0 Å². The number of piperazine rings is 1. The highest BCUT2D eigenvalue weighted by molar-refractivity contribution is 5.91. The van der Waals surface area contributed by atoms with Crippen molar-refractivity contribution in [1.29, 1.82) is 0 Å². The second-order valence-electron chi connectivity index (χ2n) is 7.40. The molecule has 146 valence electrons. The first-order valence-electron chi connectivity index (χ1n) is 10.1. The third-order valence-electron chi connectivity index (χ3n) is 5.29. The quantitative estimate of drug-likeness (QED) is 0.638. The van der Waals surface area contributed by atoms with Gasteiger partial charge in [0.2, 0.25) is 5.95 Å². The molecule has 28 heavy (non-hydrogen) atoms. The Hall–Kier alpha value is -2.73. The number of benzene rings is 1. The molecule has 3 aromatic rings. The average molecular weight is 377 g/mol. The lowest BCUT2D eigenvalue weighted by Gasteiger charge is -2.34. The van der Waals surface area contributed by atoms with Crippen LogP contribution >= 0.6 is 0 Å². The molecule has 1 N–H and O–H groups in total. The van der Waals surface area contributed by atoms with Gasteiger partial charge in [0.05, 0.1) is 0 Å². The van der Waals surface area contributed by atoms with E-state index in [1.807, 2.05) is 25.5 Å². The summed E-state index contributed by atoms with van der Waals surface area (Å²) in [6.07, 6.45) is 8.01. The van der Waals surface area contributed by atoms with Gasteiger partial charge in [0.1, 0.15) is 5.82 Å². The van der Waals surface area contributed by atoms with Gasteiger partial charge in [-0.15, -0.1) is 0 Å². The molecule has 1 aliphatic rings. The Labute approximate surface area is 166 Å². The van der Waals surface area contributed by atoms with E-state index in [9.17, 15) is 0 Å². The number of nitrogens with zero attached hydrogens (tertiary/aromatic N) is 5. The predicted molar refractivity (Wildman–Crippen MR) is 115 cm³/mol. The van der Waals surface area contributed by atoms with Gasteiger partial charge in [-0.3, -0.25) is 4.90 Å². The SMILES string of the molecule is Cc1cnc(N2CCN(CCCCNc3nccc4ccccc34)CC2)nc1. The third kappa shape index (κ3) is 4.57. The molecule has 0 saturated carbocycles. The molecule has 0 amide bonds. The number of aromatic nitrogens is 3. The summed E-state index contributed by atoms with van der Waals surface area (Å²) in [6, 6.07) is 10.4. The van der Waals surface area contributed by atoms with E-state index in [1.165, 1.54) is 17.2 Å². The van der Waals surface area contributed by atoms with Crippen molar-refractivity contribution in [1.82, 2.24) is 19.9 Å². The van der Waals surface area contributed by atoms with Crippen LogP contribution in [0.15, 0.2) is 48.9 Å². The minimum Gasteiger partial charge on any atom is -0.370 e. The Balaban J connectivity index is 1.17. The molecule has 1 aliphatic heterocycles. The molecule has 0 radical (unpaired) electrons. The van der Waals surface area contributed by atoms with Crippen LogP contribution in [0.2, 0.25) is 0 Å². The van der Waals surface area contributed by atoms with Crippen molar-refractivity contribution in [2.75, 3.05) is 49.5 Å². The number of fused-ring (bicyclic) bond motifs is 1. The second-order valence-corrected chi connectivity index (χ2v) is 7.40. The normalized spacial score (nSPS) is 15.1. The molecule has 0 bridgehead atoms. The molecule has 6 heteroatoms. The van der Waals surface area contributed by atoms with E-state index in [4.69, 9.17) is 0 Å². The van der Waals surface area contributed by atoms with Gasteiger partial charge in [0, 0.05) is 56.7 Å². The number of anilines is 2. The van der Waals surface area contributed by atoms with Crippen LogP contribution in [0.25, 0.3) is 10.8 Å². The standard InChI is InChI=1S/C22H28N6/c1-18-16-25-22(26-17-18)28-14-12-27(13-15-28)11-5-4-9-23-21-20-7-3-2-6-19(20)8-10-24-21/h2-3,6-8,10,16-17H,4-5,9,11-15H2,1H3,(H,23,24). The van der Waals surface area contributed by atoms with E-state index in [0.717, 1.165) is 63.0 Å². The zero-order chi connectivity index (χ0) is 19.2. The van der Waals surface area contributed by atoms with Crippen LogP contribution in [0.5, 0.6) is 0 Å². The summed E-state index contributed by atoms with van der Waals surface area (Å²) in [6.45, 7) is 8.28. The van der Waals surface area contributed by atoms with Gasteiger partial charge >= 0.3 is 0 Å².